The highest BCUT2D eigenvalue weighted by Gasteiger charge is 2.31. The molecule has 1 N–H and O–H groups in total. The summed E-state index contributed by atoms with van der Waals surface area (Å²) in [5.41, 5.74) is -0.0324. The van der Waals surface area contributed by atoms with Gasteiger partial charge >= 0.3 is 6.36 Å². The highest BCUT2D eigenvalue weighted by Crippen LogP contribution is 2.27. The number of carbonyl (C=O) groups is 1. The summed E-state index contributed by atoms with van der Waals surface area (Å²) in [7, 11) is 1.47. The van der Waals surface area contributed by atoms with Gasteiger partial charge in [-0.25, -0.2) is 4.39 Å². The molecule has 1 unspecified atom stereocenters. The molecule has 1 atom stereocenters. The zero-order valence-corrected chi connectivity index (χ0v) is 15.5. The predicted molar refractivity (Wildman–Crippen MR) is 98.3 cm³/mol. The highest BCUT2D eigenvalue weighted by atomic mass is 19.4. The number of rotatable bonds is 5. The molecule has 0 saturated heterocycles. The molecule has 0 spiro atoms. The smallest absolute Gasteiger partial charge is 0.406 e. The lowest BCUT2D eigenvalue weighted by Crippen LogP contribution is -2.31. The van der Waals surface area contributed by atoms with Crippen LogP contribution in [0.3, 0.4) is 0 Å². The summed E-state index contributed by atoms with van der Waals surface area (Å²) in [4.78, 5) is 28.2. The molecule has 2 aromatic heterocycles. The number of amides is 1. The number of hydrogen-bond donors (Lipinski definition) is 1. The molecule has 1 aromatic carbocycles. The fourth-order valence-corrected chi connectivity index (χ4v) is 2.72. The molecule has 0 aliphatic rings. The molecule has 156 valence electrons. The van der Waals surface area contributed by atoms with Crippen molar-refractivity contribution >= 4 is 5.91 Å². The van der Waals surface area contributed by atoms with Gasteiger partial charge in [0.05, 0.1) is 11.6 Å². The fourth-order valence-electron chi connectivity index (χ4n) is 2.72. The zero-order valence-electron chi connectivity index (χ0n) is 15.5. The molecule has 6 nitrogen and oxygen atoms in total. The number of alkyl halides is 3. The molecular weight excluding hydrogens is 406 g/mol. The molecule has 3 aromatic rings. The van der Waals surface area contributed by atoms with Gasteiger partial charge in [-0.2, -0.15) is 0 Å². The van der Waals surface area contributed by atoms with Gasteiger partial charge in [-0.1, -0.05) is 12.1 Å². The Balaban J connectivity index is 1.95. The van der Waals surface area contributed by atoms with Crippen LogP contribution in [-0.2, 0) is 7.05 Å². The number of nitrogens with one attached hydrogen (secondary N) is 1. The van der Waals surface area contributed by atoms with Crippen molar-refractivity contribution in [2.24, 2.45) is 7.05 Å². The van der Waals surface area contributed by atoms with Crippen molar-refractivity contribution in [2.45, 2.75) is 12.4 Å². The Morgan fingerprint density at radius 1 is 1.13 bits per heavy atom. The van der Waals surface area contributed by atoms with Crippen LogP contribution in [0.1, 0.15) is 27.7 Å². The van der Waals surface area contributed by atoms with Gasteiger partial charge < -0.3 is 14.6 Å². The Kier molecular flexibility index (Phi) is 5.86. The Morgan fingerprint density at radius 3 is 2.43 bits per heavy atom. The van der Waals surface area contributed by atoms with Crippen LogP contribution < -0.4 is 15.6 Å². The van der Waals surface area contributed by atoms with Gasteiger partial charge in [0.15, 0.2) is 0 Å². The standard InChI is InChI=1S/C20H15F4N3O3/c1-27-11-13(6-9-16(27)28)19(29)26-17(18-15(21)3-2-10-25-18)12-4-7-14(8-5-12)30-20(22,23)24/h2-11,17H,1H3,(H,26,29). The zero-order chi connectivity index (χ0) is 21.9. The number of ether oxygens (including phenoxy) is 1. The quantitative estimate of drug-likeness (QED) is 0.642. The Hall–Kier alpha value is -3.69. The van der Waals surface area contributed by atoms with E-state index in [1.165, 1.54) is 54.3 Å². The minimum atomic E-state index is -4.86. The Bertz CT molecular complexity index is 1110. The van der Waals surface area contributed by atoms with Crippen LogP contribution in [0.4, 0.5) is 17.6 Å². The normalized spacial score (nSPS) is 12.3. The summed E-state index contributed by atoms with van der Waals surface area (Å²) in [5, 5.41) is 2.60. The van der Waals surface area contributed by atoms with Crippen LogP contribution in [0.25, 0.3) is 0 Å². The number of aromatic nitrogens is 2. The topological polar surface area (TPSA) is 73.2 Å². The van der Waals surface area contributed by atoms with Crippen LogP contribution in [-0.4, -0.2) is 21.8 Å². The first-order valence-electron chi connectivity index (χ1n) is 8.58. The molecule has 2 heterocycles. The minimum absolute atomic E-state index is 0.125. The van der Waals surface area contributed by atoms with Crippen LogP contribution in [0.15, 0.2) is 65.7 Å². The average Bonchev–Trinajstić information content (AvgIpc) is 2.68. The number of halogens is 4. The number of pyridine rings is 2. The van der Waals surface area contributed by atoms with Gasteiger partial charge in [0.1, 0.15) is 17.3 Å². The van der Waals surface area contributed by atoms with Crippen molar-refractivity contribution in [2.75, 3.05) is 0 Å². The number of aryl methyl sites for hydroxylation is 1. The largest absolute Gasteiger partial charge is 0.573 e. The highest BCUT2D eigenvalue weighted by molar-refractivity contribution is 5.94. The summed E-state index contributed by atoms with van der Waals surface area (Å²) in [5.74, 6) is -1.80. The lowest BCUT2D eigenvalue weighted by Gasteiger charge is -2.20. The van der Waals surface area contributed by atoms with Gasteiger partial charge in [-0.15, -0.1) is 13.2 Å². The van der Waals surface area contributed by atoms with Gasteiger partial charge in [0.25, 0.3) is 5.91 Å². The van der Waals surface area contributed by atoms with E-state index >= 15 is 0 Å². The SMILES string of the molecule is Cn1cc(C(=O)NC(c2ccc(OC(F)(F)F)cc2)c2ncccc2F)ccc1=O. The molecule has 0 bridgehead atoms. The molecule has 30 heavy (non-hydrogen) atoms. The molecular formula is C20H15F4N3O3. The summed E-state index contributed by atoms with van der Waals surface area (Å²) in [6.45, 7) is 0. The summed E-state index contributed by atoms with van der Waals surface area (Å²) in [6, 6.07) is 8.56. The monoisotopic (exact) mass is 421 g/mol. The lowest BCUT2D eigenvalue weighted by atomic mass is 10.0. The second-order valence-electron chi connectivity index (χ2n) is 6.26. The summed E-state index contributed by atoms with van der Waals surface area (Å²) >= 11 is 0. The van der Waals surface area contributed by atoms with Crippen molar-refractivity contribution in [1.29, 1.82) is 0 Å². The van der Waals surface area contributed by atoms with Crippen molar-refractivity contribution in [3.05, 3.63) is 93.9 Å². The van der Waals surface area contributed by atoms with Gasteiger partial charge in [-0.3, -0.25) is 14.6 Å². The van der Waals surface area contributed by atoms with E-state index in [9.17, 15) is 27.2 Å². The Labute approximate surface area is 167 Å². The average molecular weight is 421 g/mol. The van der Waals surface area contributed by atoms with Gasteiger partial charge in [0.2, 0.25) is 5.56 Å². The first-order valence-corrected chi connectivity index (χ1v) is 8.58. The first kappa shape index (κ1) is 21.0. The van der Waals surface area contributed by atoms with Crippen molar-refractivity contribution in [3.8, 4) is 5.75 Å². The van der Waals surface area contributed by atoms with Crippen molar-refractivity contribution < 1.29 is 27.1 Å². The third-order valence-electron chi connectivity index (χ3n) is 4.13. The van der Waals surface area contributed by atoms with E-state index < -0.39 is 29.9 Å². The number of carbonyl (C=O) groups excluding carboxylic acids is 1. The Morgan fingerprint density at radius 2 is 1.83 bits per heavy atom. The van der Waals surface area contributed by atoms with E-state index in [1.54, 1.807) is 0 Å². The van der Waals surface area contributed by atoms with E-state index in [4.69, 9.17) is 0 Å². The van der Waals surface area contributed by atoms with Crippen LogP contribution in [0.5, 0.6) is 5.75 Å². The van der Waals surface area contributed by atoms with E-state index in [1.807, 2.05) is 0 Å². The van der Waals surface area contributed by atoms with E-state index in [0.717, 1.165) is 18.2 Å². The number of nitrogens with zero attached hydrogens (tertiary/aromatic N) is 2. The number of benzene rings is 1. The van der Waals surface area contributed by atoms with E-state index in [-0.39, 0.29) is 22.4 Å². The predicted octanol–water partition coefficient (Wildman–Crippen LogP) is 3.34. The summed E-state index contributed by atoms with van der Waals surface area (Å²) < 4.78 is 56.5. The molecule has 0 radical (unpaired) electrons. The molecule has 10 heteroatoms. The molecule has 3 rings (SSSR count). The molecule has 1 amide bonds. The lowest BCUT2D eigenvalue weighted by molar-refractivity contribution is -0.274. The third-order valence-corrected chi connectivity index (χ3v) is 4.13. The minimum Gasteiger partial charge on any atom is -0.406 e. The number of hydrogen-bond acceptors (Lipinski definition) is 4. The first-order chi connectivity index (χ1) is 14.1. The molecule has 0 fully saturated rings. The van der Waals surface area contributed by atoms with Crippen molar-refractivity contribution in [1.82, 2.24) is 14.9 Å². The maximum Gasteiger partial charge on any atom is 0.573 e. The van der Waals surface area contributed by atoms with Crippen LogP contribution in [0.2, 0.25) is 0 Å². The maximum atomic E-state index is 14.4. The van der Waals surface area contributed by atoms with Crippen LogP contribution in [0, 0.1) is 5.82 Å². The van der Waals surface area contributed by atoms with Gasteiger partial charge in [-0.05, 0) is 35.9 Å². The van der Waals surface area contributed by atoms with Gasteiger partial charge in [0, 0.05) is 25.5 Å². The molecule has 0 aliphatic carbocycles. The fraction of sp³-hybridized carbons (Fsp3) is 0.150. The van der Waals surface area contributed by atoms with Crippen molar-refractivity contribution in [3.63, 3.8) is 0 Å². The third kappa shape index (κ3) is 5.02. The molecule has 0 saturated carbocycles. The summed E-state index contributed by atoms with van der Waals surface area (Å²) in [6.07, 6.45) is -2.22. The molecule has 0 aliphatic heterocycles. The second kappa shape index (κ2) is 8.36. The van der Waals surface area contributed by atoms with E-state index in [0.29, 0.717) is 0 Å². The van der Waals surface area contributed by atoms with E-state index in [2.05, 4.69) is 15.0 Å². The second-order valence-corrected chi connectivity index (χ2v) is 6.26. The maximum absolute atomic E-state index is 14.4. The van der Waals surface area contributed by atoms with Crippen LogP contribution >= 0.6 is 0 Å².